The molecule has 37 heavy (non-hydrogen) atoms. The molecule has 0 aromatic heterocycles. The summed E-state index contributed by atoms with van der Waals surface area (Å²) >= 11 is 0. The van der Waals surface area contributed by atoms with Gasteiger partial charge in [-0.25, -0.2) is 9.59 Å². The van der Waals surface area contributed by atoms with Crippen LogP contribution in [-0.4, -0.2) is 31.3 Å². The van der Waals surface area contributed by atoms with Gasteiger partial charge in [-0.2, -0.15) is 0 Å². The van der Waals surface area contributed by atoms with Crippen LogP contribution in [0, 0.1) is 17.8 Å². The maximum atomic E-state index is 12.7. The van der Waals surface area contributed by atoms with E-state index in [9.17, 15) is 9.59 Å². The van der Waals surface area contributed by atoms with Crippen LogP contribution >= 0.6 is 0 Å². The van der Waals surface area contributed by atoms with E-state index < -0.39 is 0 Å². The lowest BCUT2D eigenvalue weighted by molar-refractivity contribution is -0.139. The Kier molecular flexibility index (Phi) is 12.5. The Morgan fingerprint density at radius 2 is 1.43 bits per heavy atom. The third-order valence-electron chi connectivity index (χ3n) is 8.23. The van der Waals surface area contributed by atoms with Gasteiger partial charge in [0, 0.05) is 5.57 Å². The van der Waals surface area contributed by atoms with Crippen molar-refractivity contribution in [3.8, 4) is 5.75 Å². The Hall–Kier alpha value is -2.30. The van der Waals surface area contributed by atoms with Crippen molar-refractivity contribution >= 4 is 11.9 Å². The first-order valence-electron chi connectivity index (χ1n) is 14.7. The predicted molar refractivity (Wildman–Crippen MR) is 148 cm³/mol. The number of benzene rings is 1. The fourth-order valence-corrected chi connectivity index (χ4v) is 5.98. The summed E-state index contributed by atoms with van der Waals surface area (Å²) in [5.41, 5.74) is 1.03. The van der Waals surface area contributed by atoms with E-state index in [1.807, 2.05) is 12.1 Å². The molecule has 206 valence electrons. The van der Waals surface area contributed by atoms with Crippen LogP contribution in [0.4, 0.5) is 0 Å². The number of carbonyl (C=O) groups excluding carboxylic acids is 2. The molecule has 2 saturated carbocycles. The molecule has 0 unspecified atom stereocenters. The number of esters is 2. The van der Waals surface area contributed by atoms with Crippen molar-refractivity contribution in [2.75, 3.05) is 13.2 Å². The standard InChI is InChI=1S/C32H48O5/c1-4-9-25-10-12-26(13-11-25)27-14-20-30(21-15-27)37-32(34)28-16-18-29(19-17-28)35-22-7-5-6-8-23-36-31(33)24(2)3/h16-19,25-27,30H,2,4-15,20-23H2,1,3H3. The summed E-state index contributed by atoms with van der Waals surface area (Å²) in [6, 6.07) is 7.29. The van der Waals surface area contributed by atoms with Gasteiger partial charge in [-0.05, 0) is 113 Å². The van der Waals surface area contributed by atoms with Gasteiger partial charge in [-0.3, -0.25) is 0 Å². The van der Waals surface area contributed by atoms with Crippen LogP contribution in [0.2, 0.25) is 0 Å². The van der Waals surface area contributed by atoms with Crippen molar-refractivity contribution in [3.05, 3.63) is 42.0 Å². The van der Waals surface area contributed by atoms with Crippen molar-refractivity contribution < 1.29 is 23.8 Å². The van der Waals surface area contributed by atoms with Crippen LogP contribution in [0.15, 0.2) is 36.4 Å². The van der Waals surface area contributed by atoms with Gasteiger partial charge in [0.2, 0.25) is 0 Å². The summed E-state index contributed by atoms with van der Waals surface area (Å²) < 4.78 is 16.8. The molecule has 2 aliphatic rings. The molecule has 2 fully saturated rings. The lowest BCUT2D eigenvalue weighted by Crippen LogP contribution is -2.29. The molecule has 1 aromatic rings. The first-order valence-corrected chi connectivity index (χ1v) is 14.7. The minimum absolute atomic E-state index is 0.0559. The van der Waals surface area contributed by atoms with Crippen molar-refractivity contribution in [3.63, 3.8) is 0 Å². The average molecular weight is 513 g/mol. The van der Waals surface area contributed by atoms with Crippen molar-refractivity contribution in [2.24, 2.45) is 17.8 Å². The van der Waals surface area contributed by atoms with Gasteiger partial charge in [0.05, 0.1) is 18.8 Å². The second-order valence-corrected chi connectivity index (χ2v) is 11.2. The smallest absolute Gasteiger partial charge is 0.338 e. The van der Waals surface area contributed by atoms with E-state index in [0.717, 1.165) is 62.0 Å². The third kappa shape index (κ3) is 10.2. The minimum Gasteiger partial charge on any atom is -0.494 e. The molecule has 1 aromatic carbocycles. The number of ether oxygens (including phenoxy) is 3. The van der Waals surface area contributed by atoms with E-state index in [4.69, 9.17) is 14.2 Å². The summed E-state index contributed by atoms with van der Waals surface area (Å²) in [5.74, 6) is 2.91. The summed E-state index contributed by atoms with van der Waals surface area (Å²) in [4.78, 5) is 24.0. The second kappa shape index (κ2) is 15.8. The molecule has 3 rings (SSSR count). The van der Waals surface area contributed by atoms with Crippen molar-refractivity contribution in [2.45, 2.75) is 110 Å². The van der Waals surface area contributed by atoms with E-state index in [2.05, 4.69) is 13.5 Å². The SMILES string of the molecule is C=C(C)C(=O)OCCCCCCOc1ccc(C(=O)OC2CCC(C3CCC(CCC)CC3)CC2)cc1. The van der Waals surface area contributed by atoms with Gasteiger partial charge in [0.25, 0.3) is 0 Å². The lowest BCUT2D eigenvalue weighted by Gasteiger charge is -2.37. The normalized spacial score (nSPS) is 23.7. The molecular weight excluding hydrogens is 464 g/mol. The largest absolute Gasteiger partial charge is 0.494 e. The van der Waals surface area contributed by atoms with Gasteiger partial charge in [0.1, 0.15) is 11.9 Å². The summed E-state index contributed by atoms with van der Waals surface area (Å²) in [6.07, 6.45) is 16.6. The number of hydrogen-bond acceptors (Lipinski definition) is 5. The van der Waals surface area contributed by atoms with Crippen LogP contribution < -0.4 is 4.74 Å². The summed E-state index contributed by atoms with van der Waals surface area (Å²) in [6.45, 7) is 8.59. The Morgan fingerprint density at radius 1 is 0.838 bits per heavy atom. The molecule has 2 aliphatic carbocycles. The van der Waals surface area contributed by atoms with E-state index in [1.54, 1.807) is 19.1 Å². The zero-order valence-corrected chi connectivity index (χ0v) is 23.2. The van der Waals surface area contributed by atoms with Crippen LogP contribution in [-0.2, 0) is 14.3 Å². The number of rotatable bonds is 14. The first kappa shape index (κ1) is 29.3. The highest BCUT2D eigenvalue weighted by Gasteiger charge is 2.31. The van der Waals surface area contributed by atoms with Crippen LogP contribution in [0.3, 0.4) is 0 Å². The molecular formula is C32H48O5. The minimum atomic E-state index is -0.321. The molecule has 0 saturated heterocycles. The summed E-state index contributed by atoms with van der Waals surface area (Å²) in [5, 5.41) is 0. The van der Waals surface area contributed by atoms with Crippen molar-refractivity contribution in [1.29, 1.82) is 0 Å². The molecule has 0 amide bonds. The Bertz CT molecular complexity index is 829. The van der Waals surface area contributed by atoms with Crippen LogP contribution in [0.1, 0.15) is 114 Å². The average Bonchev–Trinajstić information content (AvgIpc) is 2.91. The Morgan fingerprint density at radius 3 is 2.03 bits per heavy atom. The van der Waals surface area contributed by atoms with Crippen LogP contribution in [0.5, 0.6) is 5.75 Å². The van der Waals surface area contributed by atoms with E-state index >= 15 is 0 Å². The predicted octanol–water partition coefficient (Wildman–Crippen LogP) is 8.07. The highest BCUT2D eigenvalue weighted by atomic mass is 16.5. The molecule has 0 aliphatic heterocycles. The lowest BCUT2D eigenvalue weighted by atomic mass is 9.70. The van der Waals surface area contributed by atoms with Crippen molar-refractivity contribution in [1.82, 2.24) is 0 Å². The second-order valence-electron chi connectivity index (χ2n) is 11.2. The fraction of sp³-hybridized carbons (Fsp3) is 0.688. The topological polar surface area (TPSA) is 61.8 Å². The zero-order chi connectivity index (χ0) is 26.5. The van der Waals surface area contributed by atoms with E-state index in [1.165, 1.54) is 51.4 Å². The number of unbranched alkanes of at least 4 members (excludes halogenated alkanes) is 3. The monoisotopic (exact) mass is 512 g/mol. The highest BCUT2D eigenvalue weighted by molar-refractivity contribution is 5.89. The third-order valence-corrected chi connectivity index (χ3v) is 8.23. The molecule has 0 radical (unpaired) electrons. The van der Waals surface area contributed by atoms with Gasteiger partial charge < -0.3 is 14.2 Å². The van der Waals surface area contributed by atoms with Gasteiger partial charge in [0.15, 0.2) is 0 Å². The molecule has 0 heterocycles. The zero-order valence-electron chi connectivity index (χ0n) is 23.2. The molecule has 0 N–H and O–H groups in total. The number of carbonyl (C=O) groups is 2. The van der Waals surface area contributed by atoms with E-state index in [0.29, 0.717) is 24.4 Å². The maximum absolute atomic E-state index is 12.7. The molecule has 5 nitrogen and oxygen atoms in total. The first-order chi connectivity index (χ1) is 18.0. The molecule has 0 atom stereocenters. The fourth-order valence-electron chi connectivity index (χ4n) is 5.98. The Balaban J connectivity index is 1.26. The molecule has 0 bridgehead atoms. The van der Waals surface area contributed by atoms with Crippen LogP contribution in [0.25, 0.3) is 0 Å². The quantitative estimate of drug-likeness (QED) is 0.143. The van der Waals surface area contributed by atoms with Gasteiger partial charge in [-0.15, -0.1) is 0 Å². The summed E-state index contributed by atoms with van der Waals surface area (Å²) in [7, 11) is 0. The number of hydrogen-bond donors (Lipinski definition) is 0. The molecule has 5 heteroatoms. The highest BCUT2D eigenvalue weighted by Crippen LogP contribution is 2.41. The van der Waals surface area contributed by atoms with Gasteiger partial charge in [-0.1, -0.05) is 39.2 Å². The Labute approximate surface area is 224 Å². The van der Waals surface area contributed by atoms with Gasteiger partial charge >= 0.3 is 11.9 Å². The maximum Gasteiger partial charge on any atom is 0.338 e. The molecule has 0 spiro atoms. The van der Waals surface area contributed by atoms with E-state index in [-0.39, 0.29) is 18.0 Å².